The molecule has 3 aromatic rings. The van der Waals surface area contributed by atoms with Gasteiger partial charge in [0.05, 0.1) is 29.5 Å². The minimum atomic E-state index is -0.212. The summed E-state index contributed by atoms with van der Waals surface area (Å²) in [4.78, 5) is 26.3. The molecule has 160 valence electrons. The maximum absolute atomic E-state index is 12.8. The van der Waals surface area contributed by atoms with Gasteiger partial charge in [-0.1, -0.05) is 23.7 Å². The van der Waals surface area contributed by atoms with Crippen LogP contribution in [0.3, 0.4) is 0 Å². The Hall–Kier alpha value is -3.32. The van der Waals surface area contributed by atoms with Crippen LogP contribution in [-0.2, 0) is 11.3 Å². The molecular formula is C23H24ClN5O2. The van der Waals surface area contributed by atoms with E-state index in [1.807, 2.05) is 53.8 Å². The van der Waals surface area contributed by atoms with E-state index in [2.05, 4.69) is 15.7 Å². The molecule has 0 saturated carbocycles. The van der Waals surface area contributed by atoms with Crippen LogP contribution in [0.1, 0.15) is 27.3 Å². The summed E-state index contributed by atoms with van der Waals surface area (Å²) in [5.41, 5.74) is 4.98. The smallest absolute Gasteiger partial charge is 0.255 e. The van der Waals surface area contributed by atoms with Crippen molar-refractivity contribution in [2.24, 2.45) is 0 Å². The Bertz CT molecular complexity index is 1140. The van der Waals surface area contributed by atoms with E-state index in [-0.39, 0.29) is 18.4 Å². The van der Waals surface area contributed by atoms with Crippen molar-refractivity contribution in [3.63, 3.8) is 0 Å². The summed E-state index contributed by atoms with van der Waals surface area (Å²) in [6.07, 6.45) is 0. The van der Waals surface area contributed by atoms with Crippen molar-refractivity contribution in [2.45, 2.75) is 20.4 Å². The second-order valence-electron chi connectivity index (χ2n) is 7.68. The van der Waals surface area contributed by atoms with Gasteiger partial charge in [-0.15, -0.1) is 0 Å². The first kappa shape index (κ1) is 20.9. The molecule has 4 rings (SSSR count). The lowest BCUT2D eigenvalue weighted by Crippen LogP contribution is -2.47. The van der Waals surface area contributed by atoms with Gasteiger partial charge in [0.1, 0.15) is 0 Å². The third-order valence-corrected chi connectivity index (χ3v) is 5.51. The predicted octanol–water partition coefficient (Wildman–Crippen LogP) is 3.39. The number of piperazine rings is 1. The first-order valence-electron chi connectivity index (χ1n) is 10.1. The summed E-state index contributed by atoms with van der Waals surface area (Å²) in [7, 11) is 0. The molecule has 1 aliphatic heterocycles. The van der Waals surface area contributed by atoms with Gasteiger partial charge in [-0.05, 0) is 55.8 Å². The highest BCUT2D eigenvalue weighted by Crippen LogP contribution is 2.29. The Balaban J connectivity index is 1.46. The number of hydrogen-bond donors (Lipinski definition) is 2. The Morgan fingerprint density at radius 3 is 2.74 bits per heavy atom. The topological polar surface area (TPSA) is 79.3 Å². The zero-order valence-electron chi connectivity index (χ0n) is 17.5. The van der Waals surface area contributed by atoms with Crippen LogP contribution >= 0.6 is 11.6 Å². The number of nitrogens with one attached hydrogen (secondary N) is 2. The van der Waals surface area contributed by atoms with E-state index in [9.17, 15) is 9.59 Å². The molecule has 1 aromatic heterocycles. The summed E-state index contributed by atoms with van der Waals surface area (Å²) < 4.78 is 1.92. The van der Waals surface area contributed by atoms with Crippen molar-refractivity contribution in [3.05, 3.63) is 76.1 Å². The maximum Gasteiger partial charge on any atom is 0.255 e. The van der Waals surface area contributed by atoms with E-state index in [1.165, 1.54) is 0 Å². The average Bonchev–Trinajstić information content (AvgIpc) is 3.05. The summed E-state index contributed by atoms with van der Waals surface area (Å²) in [6, 6.07) is 14.9. The van der Waals surface area contributed by atoms with Crippen molar-refractivity contribution >= 4 is 34.8 Å². The minimum absolute atomic E-state index is 0.0277. The molecule has 7 nitrogen and oxygen atoms in total. The summed E-state index contributed by atoms with van der Waals surface area (Å²) >= 11 is 6.44. The van der Waals surface area contributed by atoms with Crippen molar-refractivity contribution in [1.82, 2.24) is 15.1 Å². The Kier molecular flexibility index (Phi) is 5.95. The minimum Gasteiger partial charge on any atom is -0.359 e. The highest BCUT2D eigenvalue weighted by molar-refractivity contribution is 6.33. The Morgan fingerprint density at radius 1 is 1.19 bits per heavy atom. The summed E-state index contributed by atoms with van der Waals surface area (Å²) in [6.45, 7) is 6.13. The van der Waals surface area contributed by atoms with E-state index in [0.717, 1.165) is 22.6 Å². The van der Waals surface area contributed by atoms with E-state index in [0.29, 0.717) is 35.9 Å². The molecule has 2 aromatic carbocycles. The van der Waals surface area contributed by atoms with Crippen LogP contribution in [0.5, 0.6) is 0 Å². The molecule has 2 N–H and O–H groups in total. The predicted molar refractivity (Wildman–Crippen MR) is 122 cm³/mol. The largest absolute Gasteiger partial charge is 0.359 e. The van der Waals surface area contributed by atoms with Crippen molar-refractivity contribution in [2.75, 3.05) is 29.9 Å². The van der Waals surface area contributed by atoms with E-state index < -0.39 is 0 Å². The Labute approximate surface area is 186 Å². The molecule has 0 radical (unpaired) electrons. The van der Waals surface area contributed by atoms with Crippen molar-refractivity contribution in [3.8, 4) is 0 Å². The van der Waals surface area contributed by atoms with Gasteiger partial charge in [0.2, 0.25) is 5.91 Å². The number of halogens is 1. The van der Waals surface area contributed by atoms with Crippen LogP contribution < -0.4 is 15.5 Å². The van der Waals surface area contributed by atoms with Crippen LogP contribution in [0.4, 0.5) is 11.4 Å². The second-order valence-corrected chi connectivity index (χ2v) is 8.08. The average molecular weight is 438 g/mol. The van der Waals surface area contributed by atoms with Crippen LogP contribution in [0, 0.1) is 13.8 Å². The third-order valence-electron chi connectivity index (χ3n) is 5.21. The summed E-state index contributed by atoms with van der Waals surface area (Å²) in [5.74, 6) is -0.239. The number of amides is 2. The maximum atomic E-state index is 12.8. The van der Waals surface area contributed by atoms with Crippen LogP contribution in [0.25, 0.3) is 0 Å². The number of carbonyl (C=O) groups excluding carboxylic acids is 2. The van der Waals surface area contributed by atoms with E-state index in [1.54, 1.807) is 18.2 Å². The van der Waals surface area contributed by atoms with E-state index in [4.69, 9.17) is 11.6 Å². The monoisotopic (exact) mass is 437 g/mol. The van der Waals surface area contributed by atoms with Gasteiger partial charge >= 0.3 is 0 Å². The van der Waals surface area contributed by atoms with Gasteiger partial charge in [0, 0.05) is 30.0 Å². The standard InChI is InChI=1S/C23H24ClN5O2/c1-15-10-16(2)29(27-15)13-17-4-3-5-18(11-17)23(31)26-19-6-7-21(20(24)12-19)28-9-8-25-22(30)14-28/h3-7,10-12H,8-9,13-14H2,1-2H3,(H,25,30)(H,26,31). The number of carbonyl (C=O) groups is 2. The van der Waals surface area contributed by atoms with Gasteiger partial charge in [-0.25, -0.2) is 0 Å². The molecule has 1 fully saturated rings. The SMILES string of the molecule is Cc1cc(C)n(Cc2cccc(C(=O)Nc3ccc(N4CCNC(=O)C4)c(Cl)c3)c2)n1. The van der Waals surface area contributed by atoms with Gasteiger partial charge < -0.3 is 15.5 Å². The fourth-order valence-electron chi connectivity index (χ4n) is 3.71. The lowest BCUT2D eigenvalue weighted by molar-refractivity contribution is -0.120. The van der Waals surface area contributed by atoms with Crippen LogP contribution in [0.15, 0.2) is 48.5 Å². The quantitative estimate of drug-likeness (QED) is 0.641. The molecule has 8 heteroatoms. The fourth-order valence-corrected chi connectivity index (χ4v) is 4.01. The lowest BCUT2D eigenvalue weighted by atomic mass is 10.1. The number of aromatic nitrogens is 2. The first-order chi connectivity index (χ1) is 14.9. The number of hydrogen-bond acceptors (Lipinski definition) is 4. The normalized spacial score (nSPS) is 13.8. The lowest BCUT2D eigenvalue weighted by Gasteiger charge is -2.29. The van der Waals surface area contributed by atoms with Gasteiger partial charge in [0.15, 0.2) is 0 Å². The Morgan fingerprint density at radius 2 is 2.03 bits per heavy atom. The van der Waals surface area contributed by atoms with Gasteiger partial charge in [0.25, 0.3) is 5.91 Å². The van der Waals surface area contributed by atoms with E-state index >= 15 is 0 Å². The van der Waals surface area contributed by atoms with Crippen LogP contribution in [0.2, 0.25) is 5.02 Å². The van der Waals surface area contributed by atoms with Gasteiger partial charge in [-0.2, -0.15) is 5.10 Å². The molecule has 1 saturated heterocycles. The molecule has 1 aliphatic rings. The number of benzene rings is 2. The molecule has 0 unspecified atom stereocenters. The molecule has 2 amide bonds. The molecule has 0 aliphatic carbocycles. The molecule has 0 spiro atoms. The van der Waals surface area contributed by atoms with Crippen molar-refractivity contribution in [1.29, 1.82) is 0 Å². The molecule has 0 bridgehead atoms. The zero-order valence-corrected chi connectivity index (χ0v) is 18.2. The zero-order chi connectivity index (χ0) is 22.0. The first-order valence-corrected chi connectivity index (χ1v) is 10.5. The molecule has 0 atom stereocenters. The number of nitrogens with zero attached hydrogens (tertiary/aromatic N) is 3. The molecule has 31 heavy (non-hydrogen) atoms. The highest BCUT2D eigenvalue weighted by Gasteiger charge is 2.19. The van der Waals surface area contributed by atoms with Crippen LogP contribution in [-0.4, -0.2) is 41.2 Å². The molecular weight excluding hydrogens is 414 g/mol. The number of rotatable bonds is 5. The molecule has 2 heterocycles. The second kappa shape index (κ2) is 8.81. The highest BCUT2D eigenvalue weighted by atomic mass is 35.5. The number of aryl methyl sites for hydroxylation is 2. The third kappa shape index (κ3) is 4.88. The number of anilines is 2. The summed E-state index contributed by atoms with van der Waals surface area (Å²) in [5, 5.41) is 10.7. The van der Waals surface area contributed by atoms with Crippen molar-refractivity contribution < 1.29 is 9.59 Å². The van der Waals surface area contributed by atoms with Gasteiger partial charge in [-0.3, -0.25) is 14.3 Å². The fraction of sp³-hybridized carbons (Fsp3) is 0.261.